The fourth-order valence-corrected chi connectivity index (χ4v) is 1.83. The Labute approximate surface area is 115 Å². The average molecular weight is 265 g/mol. The molecule has 3 unspecified atom stereocenters. The van der Waals surface area contributed by atoms with E-state index in [1.807, 2.05) is 0 Å². The molecule has 4 N–H and O–H groups in total. The molecule has 16 heavy (non-hydrogen) atoms. The van der Waals surface area contributed by atoms with E-state index in [0.717, 1.165) is 0 Å². The van der Waals surface area contributed by atoms with E-state index in [1.165, 1.54) is 0 Å². The molecule has 1 aliphatic rings. The normalized spacial score (nSPS) is 35.5. The number of aliphatic hydroxyl groups excluding tert-OH is 2. The zero-order valence-electron chi connectivity index (χ0n) is 8.64. The van der Waals surface area contributed by atoms with Gasteiger partial charge in [-0.1, -0.05) is 0 Å². The summed E-state index contributed by atoms with van der Waals surface area (Å²) in [4.78, 5) is 0. The van der Waals surface area contributed by atoms with E-state index in [2.05, 4.69) is 4.18 Å². The molecular formula is C6H12NNaO7S. The molecule has 1 heterocycles. The Kier molecular flexibility index (Phi) is 6.88. The van der Waals surface area contributed by atoms with Crippen molar-refractivity contribution in [3.05, 3.63) is 0 Å². The monoisotopic (exact) mass is 265 g/mol. The molecule has 0 saturated carbocycles. The minimum absolute atomic E-state index is 0. The Morgan fingerprint density at radius 3 is 2.56 bits per heavy atom. The van der Waals surface area contributed by atoms with Gasteiger partial charge >= 0.3 is 29.6 Å². The molecule has 8 nitrogen and oxygen atoms in total. The molecule has 1 fully saturated rings. The van der Waals surface area contributed by atoms with Crippen LogP contribution in [-0.2, 0) is 19.3 Å². The van der Waals surface area contributed by atoms with E-state index in [9.17, 15) is 18.1 Å². The molecule has 0 bridgehead atoms. The van der Waals surface area contributed by atoms with Crippen LogP contribution < -0.4 is 35.3 Å². The van der Waals surface area contributed by atoms with Crippen molar-refractivity contribution in [1.29, 1.82) is 0 Å². The van der Waals surface area contributed by atoms with Crippen molar-refractivity contribution >= 4 is 10.4 Å². The first kappa shape index (κ1) is 16.7. The molecule has 0 radical (unpaired) electrons. The summed E-state index contributed by atoms with van der Waals surface area (Å²) < 4.78 is 39.9. The Morgan fingerprint density at radius 2 is 2.12 bits per heavy atom. The number of hydrogen-bond acceptors (Lipinski definition) is 8. The number of nitrogens with two attached hydrogens (primary N) is 1. The van der Waals surface area contributed by atoms with Crippen LogP contribution in [0.4, 0.5) is 0 Å². The van der Waals surface area contributed by atoms with Crippen molar-refractivity contribution in [3.63, 3.8) is 0 Å². The molecule has 4 atom stereocenters. The zero-order valence-corrected chi connectivity index (χ0v) is 11.5. The number of hydrogen-bond donors (Lipinski definition) is 3. The van der Waals surface area contributed by atoms with Gasteiger partial charge in [-0.05, 0) is 0 Å². The van der Waals surface area contributed by atoms with Gasteiger partial charge in [0, 0.05) is 6.42 Å². The van der Waals surface area contributed by atoms with Gasteiger partial charge in [0.1, 0.15) is 0 Å². The van der Waals surface area contributed by atoms with Crippen LogP contribution in [0.3, 0.4) is 0 Å². The molecular weight excluding hydrogens is 253 g/mol. The minimum atomic E-state index is -4.89. The van der Waals surface area contributed by atoms with Gasteiger partial charge < -0.3 is 25.2 Å². The molecule has 90 valence electrons. The molecule has 0 aromatic heterocycles. The van der Waals surface area contributed by atoms with Crippen LogP contribution in [0, 0.1) is 0 Å². The predicted molar refractivity (Wildman–Crippen MR) is 45.1 cm³/mol. The maximum Gasteiger partial charge on any atom is 1.00 e. The summed E-state index contributed by atoms with van der Waals surface area (Å²) in [5.74, 6) is 0. The molecule has 0 amide bonds. The van der Waals surface area contributed by atoms with Crippen LogP contribution in [0.15, 0.2) is 0 Å². The van der Waals surface area contributed by atoms with E-state index < -0.39 is 41.5 Å². The van der Waals surface area contributed by atoms with Gasteiger partial charge in [0.15, 0.2) is 6.29 Å². The van der Waals surface area contributed by atoms with Crippen LogP contribution in [0.25, 0.3) is 0 Å². The molecule has 0 aliphatic carbocycles. The zero-order chi connectivity index (χ0) is 11.6. The van der Waals surface area contributed by atoms with E-state index in [0.29, 0.717) is 0 Å². The number of aliphatic hydroxyl groups is 2. The van der Waals surface area contributed by atoms with E-state index in [1.54, 1.807) is 0 Å². The molecule has 0 aromatic rings. The summed E-state index contributed by atoms with van der Waals surface area (Å²) in [6.07, 6.45) is -3.53. The van der Waals surface area contributed by atoms with Crippen LogP contribution in [0.1, 0.15) is 6.42 Å². The van der Waals surface area contributed by atoms with Crippen molar-refractivity contribution in [1.82, 2.24) is 0 Å². The van der Waals surface area contributed by atoms with E-state index in [-0.39, 0.29) is 36.0 Å². The van der Waals surface area contributed by atoms with Gasteiger partial charge in [-0.3, -0.25) is 4.18 Å². The van der Waals surface area contributed by atoms with Crippen LogP contribution >= 0.6 is 0 Å². The fraction of sp³-hybridized carbons (Fsp3) is 1.00. The first-order valence-electron chi connectivity index (χ1n) is 4.17. The van der Waals surface area contributed by atoms with E-state index in [4.69, 9.17) is 15.6 Å². The smallest absolute Gasteiger partial charge is 0.726 e. The summed E-state index contributed by atoms with van der Waals surface area (Å²) in [5.41, 5.74) is 5.36. The molecule has 1 aliphatic heterocycles. The van der Waals surface area contributed by atoms with Crippen molar-refractivity contribution in [2.75, 3.05) is 6.61 Å². The number of rotatable bonds is 3. The topological polar surface area (TPSA) is 142 Å². The fourth-order valence-electron chi connectivity index (χ4n) is 1.32. The van der Waals surface area contributed by atoms with Crippen LogP contribution in [0.2, 0.25) is 0 Å². The summed E-state index contributed by atoms with van der Waals surface area (Å²) in [6, 6.07) is -1.14. The maximum atomic E-state index is 10.3. The third kappa shape index (κ3) is 4.92. The SMILES string of the molecule is NC1C(O)OC(CO)C[C@@H]1OS(=O)(=O)[O-].[Na+]. The average Bonchev–Trinajstić information content (AvgIpc) is 2.10. The molecule has 0 aromatic carbocycles. The standard InChI is InChI=1S/C6H13NO7S.Na/c7-5-4(14-15(10,11)12)1-3(2-8)13-6(5)9;/h3-6,8-9H,1-2,7H2,(H,10,11,12);/q;+1/p-1/t3?,4-,5?,6?;/m0./s1. The van der Waals surface area contributed by atoms with Crippen molar-refractivity contribution < 1.29 is 61.7 Å². The van der Waals surface area contributed by atoms with Crippen LogP contribution in [-0.4, -0.2) is 54.3 Å². The third-order valence-corrected chi connectivity index (χ3v) is 2.51. The van der Waals surface area contributed by atoms with Gasteiger partial charge in [0.2, 0.25) is 10.4 Å². The Bertz CT molecular complexity index is 310. The second-order valence-corrected chi connectivity index (χ2v) is 4.20. The minimum Gasteiger partial charge on any atom is -0.726 e. The predicted octanol–water partition coefficient (Wildman–Crippen LogP) is -5.74. The van der Waals surface area contributed by atoms with Gasteiger partial charge in [-0.2, -0.15) is 0 Å². The molecule has 1 saturated heterocycles. The van der Waals surface area contributed by atoms with Crippen LogP contribution in [0.5, 0.6) is 0 Å². The van der Waals surface area contributed by atoms with Gasteiger partial charge in [0.05, 0.1) is 24.9 Å². The largest absolute Gasteiger partial charge is 1.00 e. The Hall–Kier alpha value is 0.710. The van der Waals surface area contributed by atoms with Crippen molar-refractivity contribution in [3.8, 4) is 0 Å². The Balaban J connectivity index is 0.00000225. The number of ether oxygens (including phenoxy) is 1. The van der Waals surface area contributed by atoms with Gasteiger partial charge in [0.25, 0.3) is 0 Å². The van der Waals surface area contributed by atoms with Gasteiger partial charge in [-0.15, -0.1) is 0 Å². The molecule has 1 rings (SSSR count). The van der Waals surface area contributed by atoms with E-state index >= 15 is 0 Å². The Morgan fingerprint density at radius 1 is 1.56 bits per heavy atom. The van der Waals surface area contributed by atoms with Crippen molar-refractivity contribution in [2.45, 2.75) is 31.0 Å². The first-order chi connectivity index (χ1) is 6.83. The maximum absolute atomic E-state index is 10.3. The quantitative estimate of drug-likeness (QED) is 0.260. The first-order valence-corrected chi connectivity index (χ1v) is 5.51. The summed E-state index contributed by atoms with van der Waals surface area (Å²) in [5, 5.41) is 18.0. The molecule has 10 heteroatoms. The summed E-state index contributed by atoms with van der Waals surface area (Å²) in [7, 11) is -4.89. The summed E-state index contributed by atoms with van der Waals surface area (Å²) in [6.45, 7) is -0.428. The van der Waals surface area contributed by atoms with Gasteiger partial charge in [-0.25, -0.2) is 8.42 Å². The summed E-state index contributed by atoms with van der Waals surface area (Å²) >= 11 is 0. The second kappa shape index (κ2) is 6.59. The van der Waals surface area contributed by atoms with Crippen molar-refractivity contribution in [2.24, 2.45) is 5.73 Å². The molecule has 0 spiro atoms. The second-order valence-electron chi connectivity index (χ2n) is 3.19. The third-order valence-electron chi connectivity index (χ3n) is 2.03.